The van der Waals surface area contributed by atoms with E-state index in [9.17, 15) is 0 Å². The van der Waals surface area contributed by atoms with Crippen LogP contribution < -0.4 is 4.90 Å². The van der Waals surface area contributed by atoms with Crippen molar-refractivity contribution >= 4 is 103 Å². The highest BCUT2D eigenvalue weighted by molar-refractivity contribution is 7.26. The van der Waals surface area contributed by atoms with Crippen molar-refractivity contribution < 1.29 is 0 Å². The first kappa shape index (κ1) is 28.4. The van der Waals surface area contributed by atoms with Gasteiger partial charge in [0.15, 0.2) is 0 Å². The van der Waals surface area contributed by atoms with Crippen LogP contribution in [0.1, 0.15) is 0 Å². The third-order valence-corrected chi connectivity index (χ3v) is 11.7. The number of anilines is 3. The van der Waals surface area contributed by atoms with Gasteiger partial charge in [-0.05, 0) is 93.0 Å². The molecule has 0 saturated heterocycles. The summed E-state index contributed by atoms with van der Waals surface area (Å²) in [6.07, 6.45) is 0. The topological polar surface area (TPSA) is 8.17 Å². The molecule has 0 N–H and O–H groups in total. The smallest absolute Gasteiger partial charge is 0.0561 e. The number of nitrogens with zero attached hydrogens (tertiary/aromatic N) is 2. The molecule has 9 aromatic carbocycles. The highest BCUT2D eigenvalue weighted by Gasteiger charge is 2.21. The van der Waals surface area contributed by atoms with Gasteiger partial charge in [-0.2, -0.15) is 0 Å². The second-order valence-corrected chi connectivity index (χ2v) is 14.4. The van der Waals surface area contributed by atoms with Gasteiger partial charge in [-0.3, -0.25) is 0 Å². The number of aromatic nitrogens is 1. The molecule has 0 bridgehead atoms. The lowest BCUT2D eigenvalue weighted by Crippen LogP contribution is -2.10. The normalized spacial score (nSPS) is 11.9. The number of fused-ring (bicyclic) bond motifs is 11. The van der Waals surface area contributed by atoms with E-state index in [1.165, 1.54) is 80.0 Å². The monoisotopic (exact) mass is 666 g/mol. The van der Waals surface area contributed by atoms with Crippen molar-refractivity contribution in [2.75, 3.05) is 4.90 Å². The van der Waals surface area contributed by atoms with E-state index in [4.69, 9.17) is 0 Å². The van der Waals surface area contributed by atoms with Crippen LogP contribution in [0.25, 0.3) is 80.0 Å². The molecule has 11 aromatic rings. The lowest BCUT2D eigenvalue weighted by Gasteiger charge is -2.27. The molecule has 51 heavy (non-hydrogen) atoms. The lowest BCUT2D eigenvalue weighted by molar-refractivity contribution is 1.18. The maximum atomic E-state index is 2.47. The molecule has 2 heterocycles. The number of rotatable bonds is 4. The average molecular weight is 667 g/mol. The Morgan fingerprint density at radius 1 is 0.373 bits per heavy atom. The summed E-state index contributed by atoms with van der Waals surface area (Å²) in [5, 5.41) is 12.7. The molecule has 0 radical (unpaired) electrons. The van der Waals surface area contributed by atoms with Crippen molar-refractivity contribution in [3.8, 4) is 5.69 Å². The highest BCUT2D eigenvalue weighted by Crippen LogP contribution is 2.47. The molecular weight excluding hydrogens is 637 g/mol. The predicted octanol–water partition coefficient (Wildman–Crippen LogP) is 14.1. The van der Waals surface area contributed by atoms with Crippen molar-refractivity contribution in [2.45, 2.75) is 0 Å². The van der Waals surface area contributed by atoms with Gasteiger partial charge in [-0.25, -0.2) is 0 Å². The van der Waals surface area contributed by atoms with E-state index in [-0.39, 0.29) is 0 Å². The summed E-state index contributed by atoms with van der Waals surface area (Å²) >= 11 is 1.86. The van der Waals surface area contributed by atoms with E-state index < -0.39 is 0 Å². The van der Waals surface area contributed by atoms with Crippen LogP contribution in [0.15, 0.2) is 182 Å². The van der Waals surface area contributed by atoms with Crippen molar-refractivity contribution in [1.82, 2.24) is 4.57 Å². The first-order chi connectivity index (χ1) is 25.3. The Balaban J connectivity index is 1.22. The SMILES string of the molecule is c1ccc(-n2c3ccccc3c3ccc(N(c4ccc5c(ccc6ccc7ccccc7c65)c4)c4cccc5sc6ccccc6c45)cc32)cc1. The molecule has 0 aliphatic rings. The Kier molecular flexibility index (Phi) is 6.16. The second-order valence-electron chi connectivity index (χ2n) is 13.3. The zero-order valence-electron chi connectivity index (χ0n) is 27.6. The van der Waals surface area contributed by atoms with Crippen LogP contribution in [-0.2, 0) is 0 Å². The van der Waals surface area contributed by atoms with E-state index in [0.717, 1.165) is 17.1 Å². The van der Waals surface area contributed by atoms with E-state index in [1.54, 1.807) is 0 Å². The molecule has 11 rings (SSSR count). The van der Waals surface area contributed by atoms with Gasteiger partial charge in [0.05, 0.1) is 16.7 Å². The summed E-state index contributed by atoms with van der Waals surface area (Å²) in [4.78, 5) is 2.47. The molecule has 0 atom stereocenters. The van der Waals surface area contributed by atoms with Crippen LogP contribution in [0.2, 0.25) is 0 Å². The third-order valence-electron chi connectivity index (χ3n) is 10.5. The lowest BCUT2D eigenvalue weighted by atomic mass is 9.96. The first-order valence-corrected chi connectivity index (χ1v) is 18.3. The number of hydrogen-bond donors (Lipinski definition) is 0. The largest absolute Gasteiger partial charge is 0.310 e. The van der Waals surface area contributed by atoms with Crippen LogP contribution in [0.3, 0.4) is 0 Å². The minimum Gasteiger partial charge on any atom is -0.310 e. The average Bonchev–Trinajstić information content (AvgIpc) is 3.74. The van der Waals surface area contributed by atoms with Gasteiger partial charge in [0, 0.05) is 48.0 Å². The fourth-order valence-corrected chi connectivity index (χ4v) is 9.41. The van der Waals surface area contributed by atoms with Crippen LogP contribution in [0.5, 0.6) is 0 Å². The van der Waals surface area contributed by atoms with Crippen molar-refractivity contribution in [3.63, 3.8) is 0 Å². The number of para-hydroxylation sites is 2. The summed E-state index contributed by atoms with van der Waals surface area (Å²) in [6, 6.07) is 66.8. The molecule has 0 aliphatic heterocycles. The van der Waals surface area contributed by atoms with E-state index in [2.05, 4.69) is 191 Å². The minimum atomic E-state index is 1.12. The molecule has 0 fully saturated rings. The Morgan fingerprint density at radius 2 is 1.00 bits per heavy atom. The molecule has 238 valence electrons. The molecule has 2 nitrogen and oxygen atoms in total. The molecule has 0 aliphatic carbocycles. The quantitative estimate of drug-likeness (QED) is 0.170. The molecule has 3 heteroatoms. The van der Waals surface area contributed by atoms with Gasteiger partial charge in [0.25, 0.3) is 0 Å². The third kappa shape index (κ3) is 4.29. The van der Waals surface area contributed by atoms with Gasteiger partial charge < -0.3 is 9.47 Å². The summed E-state index contributed by atoms with van der Waals surface area (Å²) in [5.41, 5.74) is 6.98. The minimum absolute atomic E-state index is 1.12. The van der Waals surface area contributed by atoms with E-state index >= 15 is 0 Å². The molecular formula is C48H30N2S. The zero-order chi connectivity index (χ0) is 33.5. The summed E-state index contributed by atoms with van der Waals surface area (Å²) in [6.45, 7) is 0. The zero-order valence-corrected chi connectivity index (χ0v) is 28.4. The molecule has 0 unspecified atom stereocenters. The molecule has 0 amide bonds. The van der Waals surface area contributed by atoms with Crippen molar-refractivity contribution in [2.24, 2.45) is 0 Å². The number of benzene rings is 9. The van der Waals surface area contributed by atoms with Crippen molar-refractivity contribution in [1.29, 1.82) is 0 Å². The van der Waals surface area contributed by atoms with Gasteiger partial charge in [-0.15, -0.1) is 11.3 Å². The predicted molar refractivity (Wildman–Crippen MR) is 221 cm³/mol. The first-order valence-electron chi connectivity index (χ1n) is 17.4. The molecule has 0 saturated carbocycles. The maximum absolute atomic E-state index is 2.47. The number of hydrogen-bond acceptors (Lipinski definition) is 2. The van der Waals surface area contributed by atoms with Gasteiger partial charge in [-0.1, -0.05) is 121 Å². The summed E-state index contributed by atoms with van der Waals surface area (Å²) < 4.78 is 5.00. The second kappa shape index (κ2) is 11.0. The Labute approximate surface area is 298 Å². The van der Waals surface area contributed by atoms with Crippen LogP contribution >= 0.6 is 11.3 Å². The van der Waals surface area contributed by atoms with E-state index in [1.807, 2.05) is 11.3 Å². The van der Waals surface area contributed by atoms with Crippen molar-refractivity contribution in [3.05, 3.63) is 182 Å². The summed E-state index contributed by atoms with van der Waals surface area (Å²) in [5.74, 6) is 0. The fourth-order valence-electron chi connectivity index (χ4n) is 8.29. The molecule has 2 aromatic heterocycles. The fraction of sp³-hybridized carbons (Fsp3) is 0. The number of thiophene rings is 1. The van der Waals surface area contributed by atoms with Crippen LogP contribution in [0.4, 0.5) is 17.1 Å². The maximum Gasteiger partial charge on any atom is 0.0561 e. The summed E-state index contributed by atoms with van der Waals surface area (Å²) in [7, 11) is 0. The van der Waals surface area contributed by atoms with Crippen LogP contribution in [-0.4, -0.2) is 4.57 Å². The van der Waals surface area contributed by atoms with E-state index in [0.29, 0.717) is 0 Å². The standard InChI is InChI=1S/C48H30N2S/c1-2-12-34(13-3-1)50-42-17-8-6-15-39(42)40-28-26-36(30-44(40)50)49(43-18-10-20-46-48(43)41-16-7-9-19-45(41)51-46)35-25-27-38-33(29-35)24-23-32-22-21-31-11-4-5-14-37(31)47(32)38/h1-30H. The molecule has 0 spiro atoms. The van der Waals surface area contributed by atoms with Gasteiger partial charge >= 0.3 is 0 Å². The highest BCUT2D eigenvalue weighted by atomic mass is 32.1. The van der Waals surface area contributed by atoms with Gasteiger partial charge in [0.1, 0.15) is 0 Å². The Morgan fingerprint density at radius 3 is 1.88 bits per heavy atom. The van der Waals surface area contributed by atoms with Crippen LogP contribution in [0, 0.1) is 0 Å². The van der Waals surface area contributed by atoms with Gasteiger partial charge in [0.2, 0.25) is 0 Å². The Bertz CT molecular complexity index is 3150. The Hall–Kier alpha value is -6.42.